The molecule has 4 heteroatoms. The molecule has 0 atom stereocenters. The van der Waals surface area contributed by atoms with Crippen LogP contribution in [0.2, 0.25) is 0 Å². The lowest BCUT2D eigenvalue weighted by molar-refractivity contribution is 0.282. The summed E-state index contributed by atoms with van der Waals surface area (Å²) in [7, 11) is 3.09. The van der Waals surface area contributed by atoms with Gasteiger partial charge in [0.2, 0.25) is 5.75 Å². The highest BCUT2D eigenvalue weighted by Crippen LogP contribution is 2.41. The van der Waals surface area contributed by atoms with Gasteiger partial charge in [-0.1, -0.05) is 12.8 Å². The zero-order chi connectivity index (χ0) is 14.3. The van der Waals surface area contributed by atoms with E-state index in [-0.39, 0.29) is 12.4 Å². The fraction of sp³-hybridized carbons (Fsp3) is 0.600. The van der Waals surface area contributed by atoms with Crippen molar-refractivity contribution in [1.29, 1.82) is 0 Å². The summed E-state index contributed by atoms with van der Waals surface area (Å²) in [6.07, 6.45) is 4.71. The van der Waals surface area contributed by atoms with E-state index >= 15 is 0 Å². The van der Waals surface area contributed by atoms with Crippen LogP contribution in [0, 0.1) is 6.92 Å². The maximum Gasteiger partial charge on any atom is 0.203 e. The number of methoxy groups -OCH3 is 2. The second-order valence-electron chi connectivity index (χ2n) is 4.64. The Hall–Kier alpha value is -1.42. The third-order valence-corrected chi connectivity index (χ3v) is 3.31. The molecule has 0 heterocycles. The molecule has 0 aliphatic heterocycles. The van der Waals surface area contributed by atoms with Crippen molar-refractivity contribution in [3.05, 3.63) is 17.2 Å². The number of hydrogen-bond acceptors (Lipinski definition) is 4. The van der Waals surface area contributed by atoms with Crippen LogP contribution in [0.5, 0.6) is 17.2 Å². The maximum absolute atomic E-state index is 10.2. The molecular formula is C15H24O4. The maximum atomic E-state index is 10.2. The van der Waals surface area contributed by atoms with Crippen LogP contribution in [-0.2, 0) is 6.42 Å². The topological polar surface area (TPSA) is 58.9 Å². The number of phenols is 1. The number of benzene rings is 1. The Kier molecular flexibility index (Phi) is 6.50. The van der Waals surface area contributed by atoms with E-state index in [4.69, 9.17) is 14.6 Å². The average Bonchev–Trinajstić information content (AvgIpc) is 2.41. The highest BCUT2D eigenvalue weighted by atomic mass is 16.5. The molecule has 2 N–H and O–H groups in total. The minimum Gasteiger partial charge on any atom is -0.504 e. The molecule has 0 spiro atoms. The van der Waals surface area contributed by atoms with E-state index in [1.807, 2.05) is 13.0 Å². The number of rotatable bonds is 8. The van der Waals surface area contributed by atoms with Crippen LogP contribution in [0.4, 0.5) is 0 Å². The summed E-state index contributed by atoms with van der Waals surface area (Å²) in [5.41, 5.74) is 1.93. The van der Waals surface area contributed by atoms with Gasteiger partial charge in [-0.05, 0) is 37.8 Å². The Morgan fingerprint density at radius 3 is 2.32 bits per heavy atom. The fourth-order valence-electron chi connectivity index (χ4n) is 2.22. The largest absolute Gasteiger partial charge is 0.504 e. The lowest BCUT2D eigenvalue weighted by Gasteiger charge is -2.15. The molecular weight excluding hydrogens is 244 g/mol. The van der Waals surface area contributed by atoms with E-state index in [0.29, 0.717) is 11.5 Å². The van der Waals surface area contributed by atoms with Crippen molar-refractivity contribution in [3.63, 3.8) is 0 Å². The second-order valence-corrected chi connectivity index (χ2v) is 4.64. The van der Waals surface area contributed by atoms with Crippen molar-refractivity contribution in [2.24, 2.45) is 0 Å². The number of aliphatic hydroxyl groups is 1. The molecule has 0 amide bonds. The van der Waals surface area contributed by atoms with Crippen molar-refractivity contribution < 1.29 is 19.7 Å². The Morgan fingerprint density at radius 1 is 1.05 bits per heavy atom. The summed E-state index contributed by atoms with van der Waals surface area (Å²) in [5.74, 6) is 1.14. The van der Waals surface area contributed by atoms with Gasteiger partial charge in [0.15, 0.2) is 11.5 Å². The molecule has 4 nitrogen and oxygen atoms in total. The van der Waals surface area contributed by atoms with E-state index in [2.05, 4.69) is 0 Å². The van der Waals surface area contributed by atoms with Crippen molar-refractivity contribution in [2.75, 3.05) is 20.8 Å². The summed E-state index contributed by atoms with van der Waals surface area (Å²) < 4.78 is 10.4. The number of hydrogen-bond donors (Lipinski definition) is 2. The molecule has 108 valence electrons. The first-order chi connectivity index (χ1) is 9.15. The number of ether oxygens (including phenoxy) is 2. The van der Waals surface area contributed by atoms with E-state index in [1.165, 1.54) is 7.11 Å². The predicted molar refractivity (Wildman–Crippen MR) is 75.2 cm³/mol. The summed E-state index contributed by atoms with van der Waals surface area (Å²) in [5, 5.41) is 19.0. The number of unbranched alkanes of at least 4 members (excludes halogenated alkanes) is 3. The lowest BCUT2D eigenvalue weighted by atomic mass is 9.99. The number of aryl methyl sites for hydroxylation is 1. The summed E-state index contributed by atoms with van der Waals surface area (Å²) in [6, 6.07) is 1.89. The molecule has 19 heavy (non-hydrogen) atoms. The van der Waals surface area contributed by atoms with E-state index in [9.17, 15) is 5.11 Å². The van der Waals surface area contributed by atoms with Gasteiger partial charge in [-0.2, -0.15) is 0 Å². The Bertz CT molecular complexity index is 402. The highest BCUT2D eigenvalue weighted by molar-refractivity contribution is 5.58. The standard InChI is InChI=1S/C15H24O4/c1-11-10-13(18-2)15(19-3)14(17)12(11)8-6-4-5-7-9-16/h10,16-17H,4-9H2,1-3H3. The van der Waals surface area contributed by atoms with E-state index in [1.54, 1.807) is 7.11 Å². The van der Waals surface area contributed by atoms with Gasteiger partial charge >= 0.3 is 0 Å². The quantitative estimate of drug-likeness (QED) is 0.712. The number of phenolic OH excluding ortho intramolecular Hbond substituents is 1. The van der Waals surface area contributed by atoms with Gasteiger partial charge in [-0.15, -0.1) is 0 Å². The van der Waals surface area contributed by atoms with Crippen LogP contribution in [0.3, 0.4) is 0 Å². The van der Waals surface area contributed by atoms with Gasteiger partial charge in [-0.25, -0.2) is 0 Å². The van der Waals surface area contributed by atoms with Crippen molar-refractivity contribution in [2.45, 2.75) is 39.0 Å². The third kappa shape index (κ3) is 4.03. The van der Waals surface area contributed by atoms with Gasteiger partial charge in [0, 0.05) is 12.2 Å². The molecule has 0 saturated carbocycles. The van der Waals surface area contributed by atoms with E-state index in [0.717, 1.165) is 43.2 Å². The number of aliphatic hydroxyl groups excluding tert-OH is 1. The van der Waals surface area contributed by atoms with Gasteiger partial charge in [-0.3, -0.25) is 0 Å². The minimum atomic E-state index is 0.182. The van der Waals surface area contributed by atoms with Crippen molar-refractivity contribution >= 4 is 0 Å². The van der Waals surface area contributed by atoms with Crippen LogP contribution in [0.1, 0.15) is 36.8 Å². The third-order valence-electron chi connectivity index (χ3n) is 3.31. The van der Waals surface area contributed by atoms with Gasteiger partial charge in [0.1, 0.15) is 0 Å². The van der Waals surface area contributed by atoms with Gasteiger partial charge in [0.05, 0.1) is 14.2 Å². The first-order valence-corrected chi connectivity index (χ1v) is 6.70. The smallest absolute Gasteiger partial charge is 0.203 e. The number of aromatic hydroxyl groups is 1. The van der Waals surface area contributed by atoms with Crippen LogP contribution in [-0.4, -0.2) is 31.0 Å². The summed E-state index contributed by atoms with van der Waals surface area (Å²) in [4.78, 5) is 0. The summed E-state index contributed by atoms with van der Waals surface area (Å²) in [6.45, 7) is 2.21. The molecule has 1 aromatic rings. The first kappa shape index (κ1) is 15.6. The van der Waals surface area contributed by atoms with Crippen LogP contribution < -0.4 is 9.47 Å². The molecule has 0 aliphatic carbocycles. The fourth-order valence-corrected chi connectivity index (χ4v) is 2.22. The van der Waals surface area contributed by atoms with Crippen molar-refractivity contribution in [3.8, 4) is 17.2 Å². The van der Waals surface area contributed by atoms with Crippen LogP contribution in [0.25, 0.3) is 0 Å². The van der Waals surface area contributed by atoms with Crippen molar-refractivity contribution in [1.82, 2.24) is 0 Å². The van der Waals surface area contributed by atoms with Gasteiger partial charge in [0.25, 0.3) is 0 Å². The average molecular weight is 268 g/mol. The molecule has 0 bridgehead atoms. The molecule has 1 rings (SSSR count). The molecule has 0 saturated heterocycles. The normalized spacial score (nSPS) is 10.5. The monoisotopic (exact) mass is 268 g/mol. The van der Waals surface area contributed by atoms with Crippen LogP contribution >= 0.6 is 0 Å². The molecule has 0 unspecified atom stereocenters. The Labute approximate surface area is 115 Å². The zero-order valence-corrected chi connectivity index (χ0v) is 12.0. The molecule has 0 aliphatic rings. The SMILES string of the molecule is COc1cc(C)c(CCCCCCO)c(O)c1OC. The molecule has 1 aromatic carbocycles. The Balaban J connectivity index is 2.77. The molecule has 0 aromatic heterocycles. The zero-order valence-electron chi connectivity index (χ0n) is 12.0. The molecule has 0 radical (unpaired) electrons. The van der Waals surface area contributed by atoms with Gasteiger partial charge < -0.3 is 19.7 Å². The summed E-state index contributed by atoms with van der Waals surface area (Å²) >= 11 is 0. The first-order valence-electron chi connectivity index (χ1n) is 6.70. The predicted octanol–water partition coefficient (Wildman–Crippen LogP) is 2.81. The lowest BCUT2D eigenvalue weighted by Crippen LogP contribution is -1.98. The van der Waals surface area contributed by atoms with E-state index < -0.39 is 0 Å². The molecule has 0 fully saturated rings. The van der Waals surface area contributed by atoms with Crippen LogP contribution in [0.15, 0.2) is 6.07 Å². The highest BCUT2D eigenvalue weighted by Gasteiger charge is 2.16. The minimum absolute atomic E-state index is 0.182. The Morgan fingerprint density at radius 2 is 1.74 bits per heavy atom. The second kappa shape index (κ2) is 7.89.